The molecular formula is C19H15N7. The van der Waals surface area contributed by atoms with E-state index in [4.69, 9.17) is 4.98 Å². The van der Waals surface area contributed by atoms with Crippen molar-refractivity contribution in [2.24, 2.45) is 0 Å². The molecule has 7 heteroatoms. The standard InChI is InChI=1S/C19H15N7/c1-13-4-2-6-16-17(13)23-12-26(16)19-21-9-15-18(24-19)25(11-22-15)10-14-5-3-7-20-8-14/h2-9,11-12H,10H2,1H3. The molecule has 0 unspecified atom stereocenters. The van der Waals surface area contributed by atoms with Crippen LogP contribution in [0.25, 0.3) is 28.1 Å². The Morgan fingerprint density at radius 3 is 2.81 bits per heavy atom. The lowest BCUT2D eigenvalue weighted by Gasteiger charge is -2.06. The van der Waals surface area contributed by atoms with Gasteiger partial charge in [-0.15, -0.1) is 0 Å². The van der Waals surface area contributed by atoms with Gasteiger partial charge in [-0.2, -0.15) is 4.98 Å². The molecule has 0 spiro atoms. The van der Waals surface area contributed by atoms with Crippen molar-refractivity contribution in [1.29, 1.82) is 0 Å². The van der Waals surface area contributed by atoms with E-state index in [0.717, 1.165) is 33.3 Å². The Morgan fingerprint density at radius 1 is 0.962 bits per heavy atom. The number of fused-ring (bicyclic) bond motifs is 2. The van der Waals surface area contributed by atoms with Crippen molar-refractivity contribution >= 4 is 22.2 Å². The van der Waals surface area contributed by atoms with E-state index in [1.54, 1.807) is 25.0 Å². The summed E-state index contributed by atoms with van der Waals surface area (Å²) in [6.45, 7) is 2.71. The summed E-state index contributed by atoms with van der Waals surface area (Å²) >= 11 is 0. The zero-order valence-corrected chi connectivity index (χ0v) is 14.1. The van der Waals surface area contributed by atoms with Crippen LogP contribution >= 0.6 is 0 Å². The van der Waals surface area contributed by atoms with E-state index in [-0.39, 0.29) is 0 Å². The van der Waals surface area contributed by atoms with Gasteiger partial charge in [0.1, 0.15) is 11.8 Å². The molecule has 0 atom stereocenters. The van der Waals surface area contributed by atoms with Crippen LogP contribution in [0.3, 0.4) is 0 Å². The lowest BCUT2D eigenvalue weighted by atomic mass is 10.2. The Balaban J connectivity index is 1.63. The Labute approximate surface area is 149 Å². The highest BCUT2D eigenvalue weighted by molar-refractivity contribution is 5.80. The van der Waals surface area contributed by atoms with Gasteiger partial charge in [0.05, 0.1) is 30.1 Å². The van der Waals surface area contributed by atoms with Crippen molar-refractivity contribution in [1.82, 2.24) is 34.1 Å². The van der Waals surface area contributed by atoms with Gasteiger partial charge in [0.2, 0.25) is 5.95 Å². The minimum atomic E-state index is 0.582. The molecule has 0 amide bonds. The third-order valence-electron chi connectivity index (χ3n) is 4.42. The predicted molar refractivity (Wildman–Crippen MR) is 98.0 cm³/mol. The summed E-state index contributed by atoms with van der Waals surface area (Å²) in [5.74, 6) is 0.582. The summed E-state index contributed by atoms with van der Waals surface area (Å²) in [5, 5.41) is 0. The van der Waals surface area contributed by atoms with E-state index in [1.807, 2.05) is 52.6 Å². The van der Waals surface area contributed by atoms with Crippen LogP contribution in [-0.4, -0.2) is 34.1 Å². The quantitative estimate of drug-likeness (QED) is 0.504. The molecule has 0 bridgehead atoms. The highest BCUT2D eigenvalue weighted by Crippen LogP contribution is 2.20. The van der Waals surface area contributed by atoms with Crippen LogP contribution in [0.2, 0.25) is 0 Å². The number of para-hydroxylation sites is 1. The molecule has 0 aliphatic carbocycles. The fraction of sp³-hybridized carbons (Fsp3) is 0.105. The number of benzene rings is 1. The first-order valence-electron chi connectivity index (χ1n) is 8.29. The van der Waals surface area contributed by atoms with E-state index < -0.39 is 0 Å². The van der Waals surface area contributed by atoms with Crippen LogP contribution in [0.4, 0.5) is 0 Å². The van der Waals surface area contributed by atoms with Crippen molar-refractivity contribution in [3.63, 3.8) is 0 Å². The summed E-state index contributed by atoms with van der Waals surface area (Å²) in [6.07, 6.45) is 8.91. The largest absolute Gasteiger partial charge is 0.311 e. The molecule has 0 N–H and O–H groups in total. The summed E-state index contributed by atoms with van der Waals surface area (Å²) in [5.41, 5.74) is 5.72. The molecule has 4 heterocycles. The molecule has 4 aromatic heterocycles. The van der Waals surface area contributed by atoms with E-state index in [2.05, 4.69) is 19.9 Å². The summed E-state index contributed by atoms with van der Waals surface area (Å²) in [6, 6.07) is 10.0. The summed E-state index contributed by atoms with van der Waals surface area (Å²) in [4.78, 5) is 22.3. The van der Waals surface area contributed by atoms with Crippen LogP contribution < -0.4 is 0 Å². The number of nitrogens with zero attached hydrogens (tertiary/aromatic N) is 7. The van der Waals surface area contributed by atoms with Crippen molar-refractivity contribution in [2.75, 3.05) is 0 Å². The molecule has 0 saturated heterocycles. The normalized spacial score (nSPS) is 11.4. The number of aryl methyl sites for hydroxylation is 1. The Bertz CT molecular complexity index is 1220. The van der Waals surface area contributed by atoms with Gasteiger partial charge in [0.15, 0.2) is 5.65 Å². The number of rotatable bonds is 3. The Hall–Kier alpha value is -3.61. The van der Waals surface area contributed by atoms with Crippen LogP contribution in [-0.2, 0) is 6.54 Å². The highest BCUT2D eigenvalue weighted by Gasteiger charge is 2.12. The zero-order valence-electron chi connectivity index (χ0n) is 14.1. The third kappa shape index (κ3) is 2.33. The van der Waals surface area contributed by atoms with Crippen molar-refractivity contribution < 1.29 is 0 Å². The summed E-state index contributed by atoms with van der Waals surface area (Å²) < 4.78 is 3.91. The Morgan fingerprint density at radius 2 is 1.92 bits per heavy atom. The lowest BCUT2D eigenvalue weighted by molar-refractivity contribution is 0.804. The SMILES string of the molecule is Cc1cccc2c1ncn2-c1ncc2ncn(Cc3cccnc3)c2n1. The molecule has 0 saturated carbocycles. The van der Waals surface area contributed by atoms with Gasteiger partial charge in [-0.25, -0.2) is 15.0 Å². The second-order valence-electron chi connectivity index (χ2n) is 6.17. The monoisotopic (exact) mass is 341 g/mol. The third-order valence-corrected chi connectivity index (χ3v) is 4.42. The molecule has 1 aromatic carbocycles. The van der Waals surface area contributed by atoms with Crippen LogP contribution in [0.1, 0.15) is 11.1 Å². The maximum absolute atomic E-state index is 4.75. The molecule has 0 aliphatic rings. The van der Waals surface area contributed by atoms with E-state index >= 15 is 0 Å². The van der Waals surface area contributed by atoms with Gasteiger partial charge < -0.3 is 4.57 Å². The molecule has 7 nitrogen and oxygen atoms in total. The molecule has 126 valence electrons. The van der Waals surface area contributed by atoms with Gasteiger partial charge >= 0.3 is 0 Å². The van der Waals surface area contributed by atoms with Gasteiger partial charge in [-0.3, -0.25) is 9.55 Å². The average Bonchev–Trinajstić information content (AvgIpc) is 3.28. The second-order valence-corrected chi connectivity index (χ2v) is 6.17. The fourth-order valence-corrected chi connectivity index (χ4v) is 3.11. The van der Waals surface area contributed by atoms with Gasteiger partial charge in [-0.05, 0) is 30.2 Å². The lowest BCUT2D eigenvalue weighted by Crippen LogP contribution is -2.04. The average molecular weight is 341 g/mol. The number of imidazole rings is 2. The van der Waals surface area contributed by atoms with E-state index in [1.165, 1.54) is 0 Å². The van der Waals surface area contributed by atoms with Crippen molar-refractivity contribution in [2.45, 2.75) is 13.5 Å². The molecule has 0 fully saturated rings. The van der Waals surface area contributed by atoms with Crippen LogP contribution in [0, 0.1) is 6.92 Å². The zero-order chi connectivity index (χ0) is 17.5. The maximum atomic E-state index is 4.75. The number of pyridine rings is 1. The molecule has 5 rings (SSSR count). The van der Waals surface area contributed by atoms with E-state index in [9.17, 15) is 0 Å². The Kier molecular flexibility index (Phi) is 3.24. The van der Waals surface area contributed by atoms with E-state index in [0.29, 0.717) is 12.5 Å². The molecular weight excluding hydrogens is 326 g/mol. The van der Waals surface area contributed by atoms with Gasteiger partial charge in [0.25, 0.3) is 0 Å². The van der Waals surface area contributed by atoms with Crippen molar-refractivity contribution in [3.05, 3.63) is 72.7 Å². The second kappa shape index (κ2) is 5.73. The number of aromatic nitrogens is 7. The molecule has 26 heavy (non-hydrogen) atoms. The number of hydrogen-bond acceptors (Lipinski definition) is 5. The minimum Gasteiger partial charge on any atom is -0.311 e. The summed E-state index contributed by atoms with van der Waals surface area (Å²) in [7, 11) is 0. The van der Waals surface area contributed by atoms with Crippen LogP contribution in [0.5, 0.6) is 0 Å². The smallest absolute Gasteiger partial charge is 0.237 e. The minimum absolute atomic E-state index is 0.582. The molecule has 0 aliphatic heterocycles. The molecule has 5 aromatic rings. The van der Waals surface area contributed by atoms with Crippen molar-refractivity contribution in [3.8, 4) is 5.95 Å². The first-order chi connectivity index (χ1) is 12.8. The molecule has 0 radical (unpaired) electrons. The van der Waals surface area contributed by atoms with Crippen LogP contribution in [0.15, 0.2) is 61.6 Å². The predicted octanol–water partition coefficient (Wildman–Crippen LogP) is 2.92. The van der Waals surface area contributed by atoms with Gasteiger partial charge in [0, 0.05) is 12.4 Å². The van der Waals surface area contributed by atoms with Gasteiger partial charge in [-0.1, -0.05) is 18.2 Å². The topological polar surface area (TPSA) is 74.3 Å². The fourth-order valence-electron chi connectivity index (χ4n) is 3.11. The maximum Gasteiger partial charge on any atom is 0.237 e. The first-order valence-corrected chi connectivity index (χ1v) is 8.29. The first kappa shape index (κ1) is 14.7. The highest BCUT2D eigenvalue weighted by atomic mass is 15.2. The number of hydrogen-bond donors (Lipinski definition) is 0.